The van der Waals surface area contributed by atoms with Crippen LogP contribution < -0.4 is 14.8 Å². The fourth-order valence-electron chi connectivity index (χ4n) is 4.68. The first kappa shape index (κ1) is 19.8. The molecule has 2 N–H and O–H groups in total. The highest BCUT2D eigenvalue weighted by Gasteiger charge is 2.30. The number of fused-ring (bicyclic) bond motifs is 3. The van der Waals surface area contributed by atoms with Crippen LogP contribution >= 0.6 is 0 Å². The second-order valence-electron chi connectivity index (χ2n) is 9.20. The normalized spacial score (nSPS) is 16.7. The summed E-state index contributed by atoms with van der Waals surface area (Å²) in [5.74, 6) is 1.80. The van der Waals surface area contributed by atoms with Crippen LogP contribution in [0.4, 0.5) is 0 Å². The molecular weight excluding hydrogens is 360 g/mol. The lowest BCUT2D eigenvalue weighted by molar-refractivity contribution is 0.380. The quantitative estimate of drug-likeness (QED) is 0.633. The molecule has 0 aliphatic carbocycles. The lowest BCUT2D eigenvalue weighted by atomic mass is 9.84. The largest absolute Gasteiger partial charge is 0.496 e. The molecule has 4 nitrogen and oxygen atoms in total. The van der Waals surface area contributed by atoms with E-state index < -0.39 is 0 Å². The first-order valence-electron chi connectivity index (χ1n) is 10.4. The average molecular weight is 393 g/mol. The summed E-state index contributed by atoms with van der Waals surface area (Å²) in [5.41, 5.74) is 8.73. The topological polar surface area (TPSA) is 46.3 Å². The Kier molecular flexibility index (Phi) is 4.86. The zero-order valence-electron chi connectivity index (χ0n) is 18.6. The van der Waals surface area contributed by atoms with E-state index >= 15 is 0 Å². The van der Waals surface area contributed by atoms with Gasteiger partial charge in [-0.05, 0) is 55.0 Å². The number of aromatic nitrogens is 1. The van der Waals surface area contributed by atoms with Crippen LogP contribution in [0.15, 0.2) is 24.3 Å². The van der Waals surface area contributed by atoms with Gasteiger partial charge in [-0.3, -0.25) is 0 Å². The predicted octanol–water partition coefficient (Wildman–Crippen LogP) is 5.33. The highest BCUT2D eigenvalue weighted by Crippen LogP contribution is 2.43. The molecule has 1 unspecified atom stereocenters. The van der Waals surface area contributed by atoms with Crippen molar-refractivity contribution in [2.45, 2.75) is 52.5 Å². The van der Waals surface area contributed by atoms with Gasteiger partial charge in [0.15, 0.2) is 0 Å². The molecule has 0 amide bonds. The Morgan fingerprint density at radius 1 is 0.966 bits per heavy atom. The third-order valence-electron chi connectivity index (χ3n) is 6.07. The second-order valence-corrected chi connectivity index (χ2v) is 9.20. The number of aromatic amines is 1. The predicted molar refractivity (Wildman–Crippen MR) is 120 cm³/mol. The number of methoxy groups -OCH3 is 2. The SMILES string of the molecule is COc1cc(C(C)(C)C)c(OC)cc1C1NCCc2c1[nH]c1c(C)cc(C)cc21. The number of ether oxygens (including phenoxy) is 2. The summed E-state index contributed by atoms with van der Waals surface area (Å²) < 4.78 is 11.6. The van der Waals surface area contributed by atoms with Crippen LogP contribution in [0.1, 0.15) is 60.3 Å². The maximum absolute atomic E-state index is 5.86. The Bertz CT molecular complexity index is 1070. The van der Waals surface area contributed by atoms with Crippen LogP contribution in [0.25, 0.3) is 10.9 Å². The fourth-order valence-corrected chi connectivity index (χ4v) is 4.68. The van der Waals surface area contributed by atoms with Gasteiger partial charge in [0.05, 0.1) is 20.3 Å². The molecule has 0 bridgehead atoms. The van der Waals surface area contributed by atoms with Crippen LogP contribution in [0.5, 0.6) is 11.5 Å². The second kappa shape index (κ2) is 7.10. The molecule has 2 heterocycles. The smallest absolute Gasteiger partial charge is 0.124 e. The molecule has 1 aromatic heterocycles. The highest BCUT2D eigenvalue weighted by atomic mass is 16.5. The van der Waals surface area contributed by atoms with Gasteiger partial charge in [-0.25, -0.2) is 0 Å². The number of hydrogen-bond donors (Lipinski definition) is 2. The van der Waals surface area contributed by atoms with Gasteiger partial charge in [-0.15, -0.1) is 0 Å². The van der Waals surface area contributed by atoms with Gasteiger partial charge in [0.1, 0.15) is 11.5 Å². The van der Waals surface area contributed by atoms with Gasteiger partial charge in [0.25, 0.3) is 0 Å². The molecule has 154 valence electrons. The number of H-pyrrole nitrogens is 1. The molecule has 4 heteroatoms. The van der Waals surface area contributed by atoms with E-state index in [1.807, 2.05) is 0 Å². The minimum absolute atomic E-state index is 0.0297. The van der Waals surface area contributed by atoms with Crippen LogP contribution in [0.2, 0.25) is 0 Å². The first-order chi connectivity index (χ1) is 13.7. The molecule has 1 atom stereocenters. The fraction of sp³-hybridized carbons (Fsp3) is 0.440. The Morgan fingerprint density at radius 3 is 2.34 bits per heavy atom. The number of hydrogen-bond acceptors (Lipinski definition) is 3. The molecule has 0 spiro atoms. The Hall–Kier alpha value is -2.46. The van der Waals surface area contributed by atoms with E-state index in [-0.39, 0.29) is 11.5 Å². The molecule has 3 aromatic rings. The summed E-state index contributed by atoms with van der Waals surface area (Å²) >= 11 is 0. The molecule has 1 aliphatic heterocycles. The van der Waals surface area contributed by atoms with Gasteiger partial charge in [0, 0.05) is 34.3 Å². The van der Waals surface area contributed by atoms with Gasteiger partial charge in [-0.1, -0.05) is 32.4 Å². The van der Waals surface area contributed by atoms with Gasteiger partial charge >= 0.3 is 0 Å². The number of nitrogens with one attached hydrogen (secondary N) is 2. The van der Waals surface area contributed by atoms with Crippen LogP contribution in [-0.4, -0.2) is 25.7 Å². The lowest BCUT2D eigenvalue weighted by Gasteiger charge is -2.29. The van der Waals surface area contributed by atoms with Crippen molar-refractivity contribution >= 4 is 10.9 Å². The van der Waals surface area contributed by atoms with Crippen LogP contribution in [-0.2, 0) is 11.8 Å². The van der Waals surface area contributed by atoms with E-state index in [0.29, 0.717) is 0 Å². The van der Waals surface area contributed by atoms with E-state index in [0.717, 1.165) is 35.6 Å². The molecule has 2 aromatic carbocycles. The summed E-state index contributed by atoms with van der Waals surface area (Å²) in [6, 6.07) is 8.89. The maximum atomic E-state index is 5.86. The van der Waals surface area contributed by atoms with E-state index in [1.165, 1.54) is 33.3 Å². The number of rotatable bonds is 3. The summed E-state index contributed by atoms with van der Waals surface area (Å²) in [6.45, 7) is 11.9. The standard InChI is InChI=1S/C25H32N2O2/c1-14-10-15(2)22-17(11-14)16-8-9-26-23(24(16)27-22)18-12-21(29-7)19(25(3,4)5)13-20(18)28-6/h10-13,23,26-27H,8-9H2,1-7H3. The van der Waals surface area contributed by atoms with Crippen molar-refractivity contribution in [3.05, 3.63) is 57.8 Å². The minimum Gasteiger partial charge on any atom is -0.496 e. The van der Waals surface area contributed by atoms with Crippen LogP contribution in [0.3, 0.4) is 0 Å². The first-order valence-corrected chi connectivity index (χ1v) is 10.4. The van der Waals surface area contributed by atoms with Crippen molar-refractivity contribution in [1.82, 2.24) is 10.3 Å². The zero-order chi connectivity index (χ0) is 20.9. The third kappa shape index (κ3) is 3.29. The Balaban J connectivity index is 1.92. The van der Waals surface area contributed by atoms with Gasteiger partial charge < -0.3 is 19.8 Å². The van der Waals surface area contributed by atoms with Crippen LogP contribution in [0, 0.1) is 13.8 Å². The number of aryl methyl sites for hydroxylation is 2. The lowest BCUT2D eigenvalue weighted by Crippen LogP contribution is -2.31. The van der Waals surface area contributed by atoms with Crippen molar-refractivity contribution in [1.29, 1.82) is 0 Å². The monoisotopic (exact) mass is 392 g/mol. The molecular formula is C25H32N2O2. The highest BCUT2D eigenvalue weighted by molar-refractivity contribution is 5.88. The summed E-state index contributed by atoms with van der Waals surface area (Å²) in [6.07, 6.45) is 1.02. The molecule has 0 radical (unpaired) electrons. The minimum atomic E-state index is -0.0297. The van der Waals surface area contributed by atoms with Gasteiger partial charge in [0.2, 0.25) is 0 Å². The summed E-state index contributed by atoms with van der Waals surface area (Å²) in [4.78, 5) is 3.73. The molecule has 0 saturated heterocycles. The molecule has 0 saturated carbocycles. The molecule has 4 rings (SSSR count). The molecule has 1 aliphatic rings. The summed E-state index contributed by atoms with van der Waals surface area (Å²) in [5, 5.41) is 5.05. The van der Waals surface area contributed by atoms with E-state index in [4.69, 9.17) is 9.47 Å². The van der Waals surface area contributed by atoms with E-state index in [1.54, 1.807) is 14.2 Å². The van der Waals surface area contributed by atoms with Crippen molar-refractivity contribution in [3.63, 3.8) is 0 Å². The number of benzene rings is 2. The third-order valence-corrected chi connectivity index (χ3v) is 6.07. The zero-order valence-corrected chi connectivity index (χ0v) is 18.6. The maximum Gasteiger partial charge on any atom is 0.124 e. The summed E-state index contributed by atoms with van der Waals surface area (Å²) in [7, 11) is 3.50. The van der Waals surface area contributed by atoms with Crippen molar-refractivity contribution < 1.29 is 9.47 Å². The average Bonchev–Trinajstić information content (AvgIpc) is 3.05. The van der Waals surface area contributed by atoms with E-state index in [2.05, 4.69) is 69.2 Å². The van der Waals surface area contributed by atoms with Crippen molar-refractivity contribution in [2.75, 3.05) is 20.8 Å². The Morgan fingerprint density at radius 2 is 1.69 bits per heavy atom. The Labute approximate surface area is 173 Å². The van der Waals surface area contributed by atoms with E-state index in [9.17, 15) is 0 Å². The van der Waals surface area contributed by atoms with Crippen molar-refractivity contribution in [2.24, 2.45) is 0 Å². The van der Waals surface area contributed by atoms with Gasteiger partial charge in [-0.2, -0.15) is 0 Å². The molecule has 0 fully saturated rings. The van der Waals surface area contributed by atoms with Crippen molar-refractivity contribution in [3.8, 4) is 11.5 Å². The molecule has 29 heavy (non-hydrogen) atoms.